The van der Waals surface area contributed by atoms with E-state index in [0.29, 0.717) is 0 Å². The van der Waals surface area contributed by atoms with Gasteiger partial charge in [0.25, 0.3) is 0 Å². The molecule has 0 spiro atoms. The quantitative estimate of drug-likeness (QED) is 0.661. The fourth-order valence-electron chi connectivity index (χ4n) is 1.23. The van der Waals surface area contributed by atoms with Crippen LogP contribution in [0.4, 0.5) is 0 Å². The first-order chi connectivity index (χ1) is 7.15. The highest BCUT2D eigenvalue weighted by Gasteiger charge is 2.14. The van der Waals surface area contributed by atoms with Gasteiger partial charge in [-0.2, -0.15) is 0 Å². The van der Waals surface area contributed by atoms with E-state index in [4.69, 9.17) is 10.8 Å². The molecule has 0 aliphatic heterocycles. The Morgan fingerprint density at radius 1 is 1.47 bits per heavy atom. The van der Waals surface area contributed by atoms with E-state index in [1.807, 2.05) is 37.3 Å². The summed E-state index contributed by atoms with van der Waals surface area (Å²) in [7, 11) is 0. The summed E-state index contributed by atoms with van der Waals surface area (Å²) in [6.45, 7) is 1.53. The molecule has 0 saturated carbocycles. The van der Waals surface area contributed by atoms with Crippen molar-refractivity contribution >= 4 is 5.91 Å². The predicted molar refractivity (Wildman–Crippen MR) is 58.1 cm³/mol. The highest BCUT2D eigenvalue weighted by atomic mass is 16.3. The summed E-state index contributed by atoms with van der Waals surface area (Å²) in [5.74, 6) is -0.339. The molecule has 4 nitrogen and oxygen atoms in total. The number of hydrogen-bond donors (Lipinski definition) is 3. The molecule has 15 heavy (non-hydrogen) atoms. The molecule has 0 heterocycles. The van der Waals surface area contributed by atoms with Crippen molar-refractivity contribution in [1.82, 2.24) is 5.32 Å². The summed E-state index contributed by atoms with van der Waals surface area (Å²) in [5, 5.41) is 11.4. The molecule has 0 aliphatic carbocycles. The van der Waals surface area contributed by atoms with Crippen molar-refractivity contribution in [3.8, 4) is 0 Å². The average Bonchev–Trinajstić information content (AvgIpc) is 2.29. The molecule has 0 aromatic heterocycles. The number of aliphatic hydroxyl groups excluding tert-OH is 1. The lowest BCUT2D eigenvalue weighted by Crippen LogP contribution is -2.43. The fraction of sp³-hybridized carbons (Fsp3) is 0.364. The predicted octanol–water partition coefficient (Wildman–Crippen LogP) is 0.183. The van der Waals surface area contributed by atoms with Crippen molar-refractivity contribution < 1.29 is 9.90 Å². The molecule has 0 fully saturated rings. The van der Waals surface area contributed by atoms with Crippen molar-refractivity contribution in [2.24, 2.45) is 5.73 Å². The third-order valence-electron chi connectivity index (χ3n) is 2.19. The maximum atomic E-state index is 11.4. The Balaban J connectivity index is 2.56. The lowest BCUT2D eigenvalue weighted by Gasteiger charge is -2.16. The third kappa shape index (κ3) is 3.34. The van der Waals surface area contributed by atoms with Gasteiger partial charge in [-0.1, -0.05) is 30.3 Å². The molecule has 1 amide bonds. The molecule has 0 saturated heterocycles. The van der Waals surface area contributed by atoms with Crippen LogP contribution in [0.1, 0.15) is 18.5 Å². The minimum Gasteiger partial charge on any atom is -0.394 e. The summed E-state index contributed by atoms with van der Waals surface area (Å²) in [6.07, 6.45) is 0. The zero-order valence-corrected chi connectivity index (χ0v) is 8.68. The maximum absolute atomic E-state index is 11.4. The van der Waals surface area contributed by atoms with E-state index < -0.39 is 6.04 Å². The van der Waals surface area contributed by atoms with Crippen molar-refractivity contribution in [2.75, 3.05) is 6.61 Å². The van der Waals surface area contributed by atoms with Crippen molar-refractivity contribution in [1.29, 1.82) is 0 Å². The number of nitrogens with two attached hydrogens (primary N) is 1. The molecule has 4 N–H and O–H groups in total. The molecular formula is C11H16N2O2. The first-order valence-corrected chi connectivity index (χ1v) is 4.87. The minimum absolute atomic E-state index is 0.101. The number of carbonyl (C=O) groups is 1. The molecule has 0 aliphatic rings. The van der Waals surface area contributed by atoms with Crippen molar-refractivity contribution in [3.05, 3.63) is 35.9 Å². The van der Waals surface area contributed by atoms with Crippen LogP contribution in [0.25, 0.3) is 0 Å². The number of benzene rings is 1. The fourth-order valence-corrected chi connectivity index (χ4v) is 1.23. The summed E-state index contributed by atoms with van der Waals surface area (Å²) >= 11 is 0. The second-order valence-electron chi connectivity index (χ2n) is 3.43. The SMILES string of the molecule is CC(NC(=O)C(N)CO)c1ccccc1. The van der Waals surface area contributed by atoms with Crippen LogP contribution in [0.15, 0.2) is 30.3 Å². The highest BCUT2D eigenvalue weighted by Crippen LogP contribution is 2.10. The van der Waals surface area contributed by atoms with Crippen LogP contribution < -0.4 is 11.1 Å². The molecule has 1 aromatic carbocycles. The summed E-state index contributed by atoms with van der Waals surface area (Å²) in [5.41, 5.74) is 6.39. The lowest BCUT2D eigenvalue weighted by molar-refractivity contribution is -0.123. The Labute approximate surface area is 89.1 Å². The lowest BCUT2D eigenvalue weighted by atomic mass is 10.1. The summed E-state index contributed by atoms with van der Waals surface area (Å²) < 4.78 is 0. The Morgan fingerprint density at radius 2 is 2.07 bits per heavy atom. The number of rotatable bonds is 4. The van der Waals surface area contributed by atoms with Crippen LogP contribution in [0, 0.1) is 0 Å². The normalized spacial score (nSPS) is 14.3. The van der Waals surface area contributed by atoms with Gasteiger partial charge in [-0.3, -0.25) is 4.79 Å². The largest absolute Gasteiger partial charge is 0.394 e. The zero-order chi connectivity index (χ0) is 11.3. The molecule has 1 aromatic rings. The molecule has 82 valence electrons. The standard InChI is InChI=1S/C11H16N2O2/c1-8(9-5-3-2-4-6-9)13-11(15)10(12)7-14/h2-6,8,10,14H,7,12H2,1H3,(H,13,15). The Morgan fingerprint density at radius 3 is 2.60 bits per heavy atom. The third-order valence-corrected chi connectivity index (χ3v) is 2.19. The van der Waals surface area contributed by atoms with Gasteiger partial charge in [0, 0.05) is 0 Å². The van der Waals surface area contributed by atoms with E-state index in [9.17, 15) is 4.79 Å². The molecule has 2 unspecified atom stereocenters. The van der Waals surface area contributed by atoms with Crippen LogP contribution in [0.5, 0.6) is 0 Å². The molecule has 0 radical (unpaired) electrons. The molecule has 1 rings (SSSR count). The van der Waals surface area contributed by atoms with Crippen LogP contribution in [-0.4, -0.2) is 23.7 Å². The van der Waals surface area contributed by atoms with E-state index in [2.05, 4.69) is 5.32 Å². The average molecular weight is 208 g/mol. The Kier molecular flexibility index (Phi) is 4.27. The molecule has 2 atom stereocenters. The van der Waals surface area contributed by atoms with E-state index in [1.165, 1.54) is 0 Å². The monoisotopic (exact) mass is 208 g/mol. The minimum atomic E-state index is -0.851. The van der Waals surface area contributed by atoms with Gasteiger partial charge in [0.15, 0.2) is 0 Å². The molecule has 4 heteroatoms. The van der Waals surface area contributed by atoms with E-state index in [-0.39, 0.29) is 18.6 Å². The van der Waals surface area contributed by atoms with Gasteiger partial charge < -0.3 is 16.2 Å². The number of carbonyl (C=O) groups excluding carboxylic acids is 1. The van der Waals surface area contributed by atoms with Gasteiger partial charge >= 0.3 is 0 Å². The Hall–Kier alpha value is -1.39. The van der Waals surface area contributed by atoms with Crippen LogP contribution in [0.2, 0.25) is 0 Å². The first-order valence-electron chi connectivity index (χ1n) is 4.87. The van der Waals surface area contributed by atoms with E-state index in [1.54, 1.807) is 0 Å². The smallest absolute Gasteiger partial charge is 0.239 e. The van der Waals surface area contributed by atoms with Gasteiger partial charge in [0.1, 0.15) is 6.04 Å². The second kappa shape index (κ2) is 5.48. The van der Waals surface area contributed by atoms with Crippen LogP contribution in [-0.2, 0) is 4.79 Å². The van der Waals surface area contributed by atoms with E-state index in [0.717, 1.165) is 5.56 Å². The number of nitrogens with one attached hydrogen (secondary N) is 1. The zero-order valence-electron chi connectivity index (χ0n) is 8.68. The molecular weight excluding hydrogens is 192 g/mol. The Bertz CT molecular complexity index is 314. The van der Waals surface area contributed by atoms with Crippen molar-refractivity contribution in [3.63, 3.8) is 0 Å². The van der Waals surface area contributed by atoms with Gasteiger partial charge in [-0.25, -0.2) is 0 Å². The van der Waals surface area contributed by atoms with Gasteiger partial charge in [0.2, 0.25) is 5.91 Å². The molecule has 0 bridgehead atoms. The number of aliphatic hydroxyl groups is 1. The topological polar surface area (TPSA) is 75.4 Å². The number of amides is 1. The first kappa shape index (κ1) is 11.7. The van der Waals surface area contributed by atoms with E-state index >= 15 is 0 Å². The second-order valence-corrected chi connectivity index (χ2v) is 3.43. The van der Waals surface area contributed by atoms with Gasteiger partial charge in [-0.15, -0.1) is 0 Å². The summed E-state index contributed by atoms with van der Waals surface area (Å²) in [6, 6.07) is 8.63. The summed E-state index contributed by atoms with van der Waals surface area (Å²) in [4.78, 5) is 11.4. The van der Waals surface area contributed by atoms with Gasteiger partial charge in [-0.05, 0) is 12.5 Å². The van der Waals surface area contributed by atoms with Crippen LogP contribution >= 0.6 is 0 Å². The van der Waals surface area contributed by atoms with Crippen LogP contribution in [0.3, 0.4) is 0 Å². The van der Waals surface area contributed by atoms with Gasteiger partial charge in [0.05, 0.1) is 12.6 Å². The highest BCUT2D eigenvalue weighted by molar-refractivity contribution is 5.81. The number of hydrogen-bond acceptors (Lipinski definition) is 3. The van der Waals surface area contributed by atoms with Crippen molar-refractivity contribution in [2.45, 2.75) is 19.0 Å². The maximum Gasteiger partial charge on any atom is 0.239 e.